The molecule has 3 atom stereocenters. The minimum absolute atomic E-state index is 0.310. The molecule has 1 aromatic carbocycles. The highest BCUT2D eigenvalue weighted by molar-refractivity contribution is 7.81. The van der Waals surface area contributed by atoms with Gasteiger partial charge in [0.25, 0.3) is 5.91 Å². The molecule has 0 unspecified atom stereocenters. The average molecular weight is 377 g/mol. The zero-order chi connectivity index (χ0) is 18.7. The molecule has 26 heavy (non-hydrogen) atoms. The smallest absolute Gasteiger partial charge is 0.328 e. The molecule has 0 bridgehead atoms. The van der Waals surface area contributed by atoms with Crippen LogP contribution < -0.4 is 5.32 Å². The molecular weight excluding hydrogens is 354 g/mol. The number of hydrazine groups is 1. The van der Waals surface area contributed by atoms with Gasteiger partial charge in [-0.25, -0.2) is 9.80 Å². The Labute approximate surface area is 157 Å². The van der Waals surface area contributed by atoms with Gasteiger partial charge in [-0.1, -0.05) is 30.3 Å². The topological polar surface area (TPSA) is 89.9 Å². The molecule has 1 aromatic rings. The molecule has 0 spiro atoms. The van der Waals surface area contributed by atoms with E-state index < -0.39 is 23.3 Å². The molecular formula is C18H23N3O4S. The summed E-state index contributed by atoms with van der Waals surface area (Å²) in [4.78, 5) is 36.8. The van der Waals surface area contributed by atoms with Gasteiger partial charge in [-0.05, 0) is 31.2 Å². The second-order valence-corrected chi connectivity index (χ2v) is 7.31. The number of amides is 2. The molecule has 0 saturated carbocycles. The van der Waals surface area contributed by atoms with E-state index >= 15 is 0 Å². The number of fused-ring (bicyclic) bond motifs is 1. The van der Waals surface area contributed by atoms with E-state index in [1.165, 1.54) is 5.01 Å². The number of carbonyl (C=O) groups is 3. The minimum atomic E-state index is -1.01. The molecule has 140 valence electrons. The number of nitrogens with zero attached hydrogens (tertiary/aromatic N) is 2. The van der Waals surface area contributed by atoms with Crippen LogP contribution in [-0.2, 0) is 20.8 Å². The summed E-state index contributed by atoms with van der Waals surface area (Å²) < 4.78 is 0. The van der Waals surface area contributed by atoms with Crippen molar-refractivity contribution in [3.05, 3.63) is 35.9 Å². The Hall–Kier alpha value is -2.06. The van der Waals surface area contributed by atoms with Crippen LogP contribution in [0.4, 0.5) is 0 Å². The second-order valence-electron chi connectivity index (χ2n) is 6.69. The van der Waals surface area contributed by atoms with E-state index in [-0.39, 0.29) is 11.8 Å². The van der Waals surface area contributed by atoms with Crippen molar-refractivity contribution in [2.24, 2.45) is 0 Å². The predicted octanol–water partition coefficient (Wildman–Crippen LogP) is 0.709. The molecule has 0 aliphatic carbocycles. The number of carboxylic acid groups (broad SMARTS) is 1. The first-order valence-electron chi connectivity index (χ1n) is 8.80. The molecule has 0 aromatic heterocycles. The van der Waals surface area contributed by atoms with Gasteiger partial charge >= 0.3 is 5.97 Å². The van der Waals surface area contributed by atoms with E-state index in [0.717, 1.165) is 12.0 Å². The SMILES string of the molecule is O=C(N[C@H]1CCCN2CC[C@@H](C(=O)O)N2C1=O)[C@@H](S)Cc1ccccc1. The Bertz CT molecular complexity index is 684. The van der Waals surface area contributed by atoms with Crippen molar-refractivity contribution >= 4 is 30.4 Å². The van der Waals surface area contributed by atoms with Gasteiger partial charge in [0.2, 0.25) is 5.91 Å². The van der Waals surface area contributed by atoms with Crippen LogP contribution in [0.5, 0.6) is 0 Å². The van der Waals surface area contributed by atoms with Crippen molar-refractivity contribution in [3.8, 4) is 0 Å². The molecule has 3 rings (SSSR count). The van der Waals surface area contributed by atoms with Crippen molar-refractivity contribution in [1.82, 2.24) is 15.3 Å². The number of carbonyl (C=O) groups excluding carboxylic acids is 2. The van der Waals surface area contributed by atoms with E-state index in [0.29, 0.717) is 32.4 Å². The van der Waals surface area contributed by atoms with E-state index in [4.69, 9.17) is 0 Å². The molecule has 2 amide bonds. The first kappa shape index (κ1) is 18.7. The van der Waals surface area contributed by atoms with Crippen LogP contribution in [0.1, 0.15) is 24.8 Å². The highest BCUT2D eigenvalue weighted by Crippen LogP contribution is 2.24. The molecule has 7 nitrogen and oxygen atoms in total. The molecule has 2 heterocycles. The number of hydrogen-bond donors (Lipinski definition) is 3. The van der Waals surface area contributed by atoms with Crippen molar-refractivity contribution in [3.63, 3.8) is 0 Å². The van der Waals surface area contributed by atoms with Gasteiger partial charge in [-0.3, -0.25) is 14.6 Å². The predicted molar refractivity (Wildman–Crippen MR) is 98.5 cm³/mol. The maximum atomic E-state index is 12.8. The average Bonchev–Trinajstić information content (AvgIpc) is 2.99. The number of rotatable bonds is 5. The molecule has 2 aliphatic heterocycles. The number of benzene rings is 1. The van der Waals surface area contributed by atoms with Gasteiger partial charge < -0.3 is 10.4 Å². The van der Waals surface area contributed by atoms with Gasteiger partial charge in [0.05, 0.1) is 5.25 Å². The first-order chi connectivity index (χ1) is 12.5. The zero-order valence-corrected chi connectivity index (χ0v) is 15.3. The third-order valence-electron chi connectivity index (χ3n) is 4.87. The maximum Gasteiger partial charge on any atom is 0.328 e. The van der Waals surface area contributed by atoms with Gasteiger partial charge in [-0.2, -0.15) is 12.6 Å². The van der Waals surface area contributed by atoms with Crippen LogP contribution in [0.2, 0.25) is 0 Å². The number of thiol groups is 1. The van der Waals surface area contributed by atoms with Crippen LogP contribution in [0.3, 0.4) is 0 Å². The fourth-order valence-electron chi connectivity index (χ4n) is 3.53. The lowest BCUT2D eigenvalue weighted by Gasteiger charge is -2.30. The van der Waals surface area contributed by atoms with Crippen LogP contribution in [-0.4, -0.2) is 63.3 Å². The van der Waals surface area contributed by atoms with Gasteiger partial charge in [0, 0.05) is 13.1 Å². The van der Waals surface area contributed by atoms with E-state index in [2.05, 4.69) is 17.9 Å². The Morgan fingerprint density at radius 2 is 1.96 bits per heavy atom. The summed E-state index contributed by atoms with van der Waals surface area (Å²) in [6.45, 7) is 1.17. The summed E-state index contributed by atoms with van der Waals surface area (Å²) in [6.07, 6.45) is 2.08. The number of carboxylic acids is 1. The van der Waals surface area contributed by atoms with Gasteiger partial charge in [-0.15, -0.1) is 0 Å². The highest BCUT2D eigenvalue weighted by Gasteiger charge is 2.44. The lowest BCUT2D eigenvalue weighted by molar-refractivity contribution is -0.160. The fraction of sp³-hybridized carbons (Fsp3) is 0.500. The zero-order valence-electron chi connectivity index (χ0n) is 14.4. The Morgan fingerprint density at radius 1 is 1.23 bits per heavy atom. The summed E-state index contributed by atoms with van der Waals surface area (Å²) in [5.74, 6) is -1.67. The van der Waals surface area contributed by atoms with Crippen LogP contribution >= 0.6 is 12.6 Å². The summed E-state index contributed by atoms with van der Waals surface area (Å²) in [7, 11) is 0. The number of aliphatic carboxylic acids is 1. The highest BCUT2D eigenvalue weighted by atomic mass is 32.1. The van der Waals surface area contributed by atoms with Crippen molar-refractivity contribution < 1.29 is 19.5 Å². The van der Waals surface area contributed by atoms with E-state index in [1.54, 1.807) is 5.01 Å². The molecule has 2 N–H and O–H groups in total. The minimum Gasteiger partial charge on any atom is -0.480 e. The molecule has 0 radical (unpaired) electrons. The van der Waals surface area contributed by atoms with E-state index in [9.17, 15) is 19.5 Å². The number of nitrogens with one attached hydrogen (secondary N) is 1. The summed E-state index contributed by atoms with van der Waals surface area (Å²) in [5, 5.41) is 14.7. The van der Waals surface area contributed by atoms with Crippen molar-refractivity contribution in [2.75, 3.05) is 13.1 Å². The molecule has 2 aliphatic rings. The lowest BCUT2D eigenvalue weighted by Crippen LogP contribution is -2.55. The summed E-state index contributed by atoms with van der Waals surface area (Å²) >= 11 is 4.38. The van der Waals surface area contributed by atoms with Crippen LogP contribution in [0.15, 0.2) is 30.3 Å². The monoisotopic (exact) mass is 377 g/mol. The molecule has 2 fully saturated rings. The fourth-order valence-corrected chi connectivity index (χ4v) is 3.82. The summed E-state index contributed by atoms with van der Waals surface area (Å²) in [6, 6.07) is 7.99. The molecule has 8 heteroatoms. The number of hydrogen-bond acceptors (Lipinski definition) is 5. The Balaban J connectivity index is 1.65. The second kappa shape index (κ2) is 8.09. The van der Waals surface area contributed by atoms with Crippen LogP contribution in [0.25, 0.3) is 0 Å². The van der Waals surface area contributed by atoms with E-state index in [1.807, 2.05) is 30.3 Å². The van der Waals surface area contributed by atoms with Gasteiger partial charge in [0.15, 0.2) is 0 Å². The third-order valence-corrected chi connectivity index (χ3v) is 5.29. The quantitative estimate of drug-likeness (QED) is 0.658. The Kier molecular flexibility index (Phi) is 5.83. The maximum absolute atomic E-state index is 12.8. The largest absolute Gasteiger partial charge is 0.480 e. The van der Waals surface area contributed by atoms with Crippen molar-refractivity contribution in [2.45, 2.75) is 43.0 Å². The lowest BCUT2D eigenvalue weighted by atomic mass is 10.1. The third kappa shape index (κ3) is 4.02. The van der Waals surface area contributed by atoms with Crippen LogP contribution in [0, 0.1) is 0 Å². The van der Waals surface area contributed by atoms with Crippen molar-refractivity contribution in [1.29, 1.82) is 0 Å². The van der Waals surface area contributed by atoms with Gasteiger partial charge in [0.1, 0.15) is 12.1 Å². The Morgan fingerprint density at radius 3 is 2.65 bits per heavy atom. The first-order valence-corrected chi connectivity index (χ1v) is 9.32. The normalized spacial score (nSPS) is 24.7. The molecule has 2 saturated heterocycles. The standard InChI is InChI=1S/C18H23N3O4S/c22-16(15(26)11-12-5-2-1-3-6-12)19-13-7-4-9-20-10-8-14(18(24)25)21(20)17(13)23/h1-3,5-6,13-15,26H,4,7-11H2,(H,19,22)(H,24,25)/t13-,14-,15-/m0/s1. The summed E-state index contributed by atoms with van der Waals surface area (Å²) in [5.41, 5.74) is 0.992.